The highest BCUT2D eigenvalue weighted by molar-refractivity contribution is 5.68. The first-order valence-corrected chi connectivity index (χ1v) is 7.07. The predicted octanol–water partition coefficient (Wildman–Crippen LogP) is 2.34. The molecule has 1 amide bonds. The number of hydrogen-bond donors (Lipinski definition) is 0. The second kappa shape index (κ2) is 5.08. The molecule has 1 saturated heterocycles. The van der Waals surface area contributed by atoms with Crippen LogP contribution in [0, 0.1) is 5.92 Å². The zero-order valence-electron chi connectivity index (χ0n) is 12.1. The van der Waals surface area contributed by atoms with Gasteiger partial charge in [-0.3, -0.25) is 4.90 Å². The van der Waals surface area contributed by atoms with Gasteiger partial charge in [-0.1, -0.05) is 0 Å². The van der Waals surface area contributed by atoms with Crippen molar-refractivity contribution >= 4 is 6.09 Å². The van der Waals surface area contributed by atoms with Crippen LogP contribution >= 0.6 is 0 Å². The third-order valence-electron chi connectivity index (χ3n) is 3.61. The molecule has 1 saturated carbocycles. The second-order valence-corrected chi connectivity index (χ2v) is 6.71. The molecular weight excluding hydrogens is 228 g/mol. The lowest BCUT2D eigenvalue weighted by molar-refractivity contribution is 0.00521. The van der Waals surface area contributed by atoms with Gasteiger partial charge < -0.3 is 9.64 Å². The Labute approximate surface area is 110 Å². The number of piperazine rings is 1. The van der Waals surface area contributed by atoms with Crippen molar-refractivity contribution in [2.45, 2.75) is 52.2 Å². The van der Waals surface area contributed by atoms with Gasteiger partial charge in [-0.2, -0.15) is 0 Å². The molecule has 0 aromatic carbocycles. The first kappa shape index (κ1) is 13.7. The maximum atomic E-state index is 12.0. The molecule has 0 aromatic rings. The van der Waals surface area contributed by atoms with Gasteiger partial charge in [-0.15, -0.1) is 0 Å². The number of carbonyl (C=O) groups excluding carboxylic acids is 1. The average Bonchev–Trinajstić information content (AvgIpc) is 3.02. The number of ether oxygens (including phenoxy) is 1. The number of amides is 1. The number of hydrogen-bond acceptors (Lipinski definition) is 3. The van der Waals surface area contributed by atoms with Gasteiger partial charge in [-0.25, -0.2) is 4.79 Å². The summed E-state index contributed by atoms with van der Waals surface area (Å²) in [6, 6.07) is 0.451. The topological polar surface area (TPSA) is 32.8 Å². The summed E-state index contributed by atoms with van der Waals surface area (Å²) in [6.07, 6.45) is 2.61. The molecule has 0 bridgehead atoms. The molecule has 2 rings (SSSR count). The molecule has 2 fully saturated rings. The van der Waals surface area contributed by atoms with E-state index in [9.17, 15) is 4.79 Å². The Hall–Kier alpha value is -0.770. The van der Waals surface area contributed by atoms with Gasteiger partial charge in [-0.05, 0) is 46.5 Å². The third-order valence-corrected chi connectivity index (χ3v) is 3.61. The molecule has 1 aliphatic heterocycles. The average molecular weight is 254 g/mol. The van der Waals surface area contributed by atoms with Gasteiger partial charge in [0.1, 0.15) is 5.60 Å². The van der Waals surface area contributed by atoms with Crippen LogP contribution in [0.15, 0.2) is 0 Å². The molecule has 1 atom stereocenters. The maximum Gasteiger partial charge on any atom is 0.410 e. The minimum absolute atomic E-state index is 0.166. The van der Waals surface area contributed by atoms with Gasteiger partial charge >= 0.3 is 6.09 Å². The summed E-state index contributed by atoms with van der Waals surface area (Å²) < 4.78 is 5.42. The summed E-state index contributed by atoms with van der Waals surface area (Å²) in [7, 11) is 0. The van der Waals surface area contributed by atoms with Crippen LogP contribution in [0.5, 0.6) is 0 Å². The lowest BCUT2D eigenvalue weighted by atomic mass is 10.1. The van der Waals surface area contributed by atoms with E-state index >= 15 is 0 Å². The van der Waals surface area contributed by atoms with E-state index in [1.54, 1.807) is 0 Å². The molecule has 1 aliphatic carbocycles. The molecule has 4 nitrogen and oxygen atoms in total. The van der Waals surface area contributed by atoms with Crippen molar-refractivity contribution in [1.29, 1.82) is 0 Å². The van der Waals surface area contributed by atoms with Crippen LogP contribution in [0.2, 0.25) is 0 Å². The van der Waals surface area contributed by atoms with Gasteiger partial charge in [0.05, 0.1) is 0 Å². The zero-order valence-corrected chi connectivity index (χ0v) is 12.1. The highest BCUT2D eigenvalue weighted by Gasteiger charge is 2.32. The summed E-state index contributed by atoms with van der Waals surface area (Å²) in [5.41, 5.74) is -0.397. The third kappa shape index (κ3) is 3.87. The van der Waals surface area contributed by atoms with Crippen molar-refractivity contribution in [2.24, 2.45) is 5.92 Å². The van der Waals surface area contributed by atoms with E-state index in [-0.39, 0.29) is 6.09 Å². The predicted molar refractivity (Wildman–Crippen MR) is 71.6 cm³/mol. The van der Waals surface area contributed by atoms with E-state index < -0.39 is 5.60 Å². The smallest absolute Gasteiger partial charge is 0.410 e. The molecule has 0 radical (unpaired) electrons. The lowest BCUT2D eigenvalue weighted by Crippen LogP contribution is -2.54. The summed E-state index contributed by atoms with van der Waals surface area (Å²) in [4.78, 5) is 16.3. The fourth-order valence-corrected chi connectivity index (χ4v) is 2.39. The van der Waals surface area contributed by atoms with Crippen molar-refractivity contribution in [3.63, 3.8) is 0 Å². The molecule has 0 spiro atoms. The molecule has 0 unspecified atom stereocenters. The van der Waals surface area contributed by atoms with E-state index in [1.165, 1.54) is 19.4 Å². The van der Waals surface area contributed by atoms with Crippen molar-refractivity contribution in [3.8, 4) is 0 Å². The summed E-state index contributed by atoms with van der Waals surface area (Å²) >= 11 is 0. The van der Waals surface area contributed by atoms with Crippen molar-refractivity contribution in [3.05, 3.63) is 0 Å². The SMILES string of the molecule is C[C@H]1CN(C(=O)OC(C)(C)C)CCN1CC1CC1. The molecule has 4 heteroatoms. The van der Waals surface area contributed by atoms with Crippen molar-refractivity contribution in [1.82, 2.24) is 9.80 Å². The van der Waals surface area contributed by atoms with Crippen molar-refractivity contribution in [2.75, 3.05) is 26.2 Å². The quantitative estimate of drug-likeness (QED) is 0.758. The van der Waals surface area contributed by atoms with E-state index in [2.05, 4.69) is 11.8 Å². The Morgan fingerprint density at radius 3 is 2.44 bits per heavy atom. The standard InChI is InChI=1S/C14H26N2O2/c1-11-9-16(13(17)18-14(2,3)4)8-7-15(11)10-12-5-6-12/h11-12H,5-10H2,1-4H3/t11-/m0/s1. The minimum atomic E-state index is -0.397. The van der Waals surface area contributed by atoms with E-state index in [4.69, 9.17) is 4.74 Å². The van der Waals surface area contributed by atoms with E-state index in [1.807, 2.05) is 25.7 Å². The second-order valence-electron chi connectivity index (χ2n) is 6.71. The van der Waals surface area contributed by atoms with Crippen LogP contribution in [0.3, 0.4) is 0 Å². The van der Waals surface area contributed by atoms with Gasteiger partial charge in [0.2, 0.25) is 0 Å². The molecule has 0 N–H and O–H groups in total. The van der Waals surface area contributed by atoms with Gasteiger partial charge in [0.15, 0.2) is 0 Å². The Balaban J connectivity index is 1.81. The largest absolute Gasteiger partial charge is 0.444 e. The summed E-state index contributed by atoms with van der Waals surface area (Å²) in [6.45, 7) is 11.7. The normalized spacial score (nSPS) is 26.2. The molecule has 104 valence electrons. The fraction of sp³-hybridized carbons (Fsp3) is 0.929. The maximum absolute atomic E-state index is 12.0. The Kier molecular flexibility index (Phi) is 3.85. The summed E-state index contributed by atoms with van der Waals surface area (Å²) in [5.74, 6) is 0.917. The highest BCUT2D eigenvalue weighted by atomic mass is 16.6. The van der Waals surface area contributed by atoms with Crippen LogP contribution in [0.1, 0.15) is 40.5 Å². The van der Waals surface area contributed by atoms with Crippen LogP contribution in [0.4, 0.5) is 4.79 Å². The first-order valence-electron chi connectivity index (χ1n) is 7.07. The van der Waals surface area contributed by atoms with E-state index in [0.29, 0.717) is 6.04 Å². The van der Waals surface area contributed by atoms with Crippen LogP contribution in [-0.2, 0) is 4.74 Å². The molecule has 2 aliphatic rings. The lowest BCUT2D eigenvalue weighted by Gasteiger charge is -2.40. The zero-order chi connectivity index (χ0) is 13.3. The monoisotopic (exact) mass is 254 g/mol. The Bertz CT molecular complexity index is 307. The Morgan fingerprint density at radius 1 is 1.28 bits per heavy atom. The van der Waals surface area contributed by atoms with Crippen LogP contribution in [-0.4, -0.2) is 53.7 Å². The number of nitrogens with zero attached hydrogens (tertiary/aromatic N) is 2. The Morgan fingerprint density at radius 2 is 1.94 bits per heavy atom. The number of rotatable bonds is 2. The van der Waals surface area contributed by atoms with Gasteiger partial charge in [0.25, 0.3) is 0 Å². The molecule has 0 aromatic heterocycles. The minimum Gasteiger partial charge on any atom is -0.444 e. The molecule has 1 heterocycles. The van der Waals surface area contributed by atoms with Gasteiger partial charge in [0, 0.05) is 32.2 Å². The molecular formula is C14H26N2O2. The fourth-order valence-electron chi connectivity index (χ4n) is 2.39. The highest BCUT2D eigenvalue weighted by Crippen LogP contribution is 2.30. The van der Waals surface area contributed by atoms with Crippen LogP contribution in [0.25, 0.3) is 0 Å². The first-order chi connectivity index (χ1) is 8.35. The summed E-state index contributed by atoms with van der Waals surface area (Å²) in [5, 5.41) is 0. The van der Waals surface area contributed by atoms with E-state index in [0.717, 1.165) is 25.6 Å². The molecule has 18 heavy (non-hydrogen) atoms. The number of carbonyl (C=O) groups is 1. The van der Waals surface area contributed by atoms with Crippen LogP contribution < -0.4 is 0 Å². The van der Waals surface area contributed by atoms with Crippen molar-refractivity contribution < 1.29 is 9.53 Å².